The highest BCUT2D eigenvalue weighted by atomic mass is 31.2. The number of hydrogen-bond acceptors (Lipinski definition) is 12. The Morgan fingerprint density at radius 3 is 1.45 bits per heavy atom. The molecule has 1 aliphatic rings. The van der Waals surface area contributed by atoms with E-state index in [4.69, 9.17) is 18.5 Å². The number of phosphoric ester groups is 1. The predicted molar refractivity (Wildman–Crippen MR) is 235 cm³/mol. The molecular formula is C46H79O13P. The topological polar surface area (TPSA) is 210 Å². The van der Waals surface area contributed by atoms with Crippen molar-refractivity contribution >= 4 is 19.8 Å². The van der Waals surface area contributed by atoms with Crippen LogP contribution in [0.5, 0.6) is 0 Å². The second kappa shape index (κ2) is 36.1. The van der Waals surface area contributed by atoms with Crippen LogP contribution in [0.2, 0.25) is 0 Å². The zero-order valence-electron chi connectivity index (χ0n) is 36.5. The van der Waals surface area contributed by atoms with Crippen molar-refractivity contribution in [2.45, 2.75) is 204 Å². The first-order chi connectivity index (χ1) is 28.9. The maximum atomic E-state index is 12.8. The highest BCUT2D eigenvalue weighted by Gasteiger charge is 2.51. The summed E-state index contributed by atoms with van der Waals surface area (Å²) in [6.45, 7) is 3.14. The summed E-state index contributed by atoms with van der Waals surface area (Å²) in [7, 11) is -5.12. The Morgan fingerprint density at radius 1 is 0.533 bits per heavy atom. The minimum atomic E-state index is -5.12. The Labute approximate surface area is 360 Å². The lowest BCUT2D eigenvalue weighted by Gasteiger charge is -2.41. The molecule has 60 heavy (non-hydrogen) atoms. The Hall–Kier alpha value is -2.45. The van der Waals surface area contributed by atoms with Crippen molar-refractivity contribution in [1.29, 1.82) is 0 Å². The summed E-state index contributed by atoms with van der Waals surface area (Å²) in [6, 6.07) is 0. The zero-order chi connectivity index (χ0) is 44.3. The number of aliphatic hydroxyl groups excluding tert-OH is 5. The van der Waals surface area contributed by atoms with Crippen LogP contribution in [0.25, 0.3) is 0 Å². The summed E-state index contributed by atoms with van der Waals surface area (Å²) in [6.07, 6.45) is 29.9. The van der Waals surface area contributed by atoms with Gasteiger partial charge in [0.15, 0.2) is 6.10 Å². The van der Waals surface area contributed by atoms with E-state index in [-0.39, 0.29) is 12.8 Å². The molecule has 0 aromatic rings. The molecule has 1 rings (SSSR count). The van der Waals surface area contributed by atoms with Gasteiger partial charge in [0.05, 0.1) is 6.61 Å². The van der Waals surface area contributed by atoms with Gasteiger partial charge >= 0.3 is 19.8 Å². The van der Waals surface area contributed by atoms with Crippen LogP contribution in [0.4, 0.5) is 0 Å². The van der Waals surface area contributed by atoms with Crippen molar-refractivity contribution in [3.05, 3.63) is 60.8 Å². The monoisotopic (exact) mass is 871 g/mol. The third-order valence-corrected chi connectivity index (χ3v) is 11.1. The molecule has 0 radical (unpaired) electrons. The number of allylic oxidation sites excluding steroid dienone is 10. The van der Waals surface area contributed by atoms with Gasteiger partial charge in [0, 0.05) is 12.8 Å². The van der Waals surface area contributed by atoms with E-state index in [9.17, 15) is 44.6 Å². The molecule has 346 valence electrons. The molecule has 0 heterocycles. The molecule has 6 N–H and O–H groups in total. The van der Waals surface area contributed by atoms with Gasteiger partial charge in [-0.15, -0.1) is 0 Å². The number of ether oxygens (including phenoxy) is 2. The quantitative estimate of drug-likeness (QED) is 0.0151. The van der Waals surface area contributed by atoms with Crippen LogP contribution in [0.15, 0.2) is 60.8 Å². The third-order valence-electron chi connectivity index (χ3n) is 10.1. The second-order valence-corrected chi connectivity index (χ2v) is 16.9. The molecule has 0 aromatic heterocycles. The number of carbonyl (C=O) groups excluding carboxylic acids is 2. The summed E-state index contributed by atoms with van der Waals surface area (Å²) in [5, 5.41) is 50.1. The van der Waals surface area contributed by atoms with Crippen LogP contribution in [-0.4, -0.2) is 98.3 Å². The number of esters is 2. The fourth-order valence-corrected chi connectivity index (χ4v) is 7.46. The van der Waals surface area contributed by atoms with Gasteiger partial charge < -0.3 is 39.9 Å². The molecule has 0 saturated heterocycles. The first-order valence-electron chi connectivity index (χ1n) is 22.6. The van der Waals surface area contributed by atoms with Gasteiger partial charge in [0.25, 0.3) is 0 Å². The van der Waals surface area contributed by atoms with Crippen molar-refractivity contribution in [3.63, 3.8) is 0 Å². The average molecular weight is 871 g/mol. The van der Waals surface area contributed by atoms with Crippen molar-refractivity contribution in [3.8, 4) is 0 Å². The molecular weight excluding hydrogens is 791 g/mol. The number of hydrogen-bond donors (Lipinski definition) is 6. The van der Waals surface area contributed by atoms with E-state index in [1.165, 1.54) is 44.9 Å². The third kappa shape index (κ3) is 28.2. The molecule has 14 heteroatoms. The fourth-order valence-electron chi connectivity index (χ4n) is 6.49. The largest absolute Gasteiger partial charge is 0.472 e. The van der Waals surface area contributed by atoms with Crippen molar-refractivity contribution < 1.29 is 63.1 Å². The molecule has 8 atom stereocenters. The van der Waals surface area contributed by atoms with E-state index >= 15 is 0 Å². The van der Waals surface area contributed by atoms with E-state index < -0.39 is 75.7 Å². The van der Waals surface area contributed by atoms with Gasteiger partial charge in [0.1, 0.15) is 43.2 Å². The average Bonchev–Trinajstić information content (AvgIpc) is 3.23. The number of rotatable bonds is 36. The molecule has 6 unspecified atom stereocenters. The van der Waals surface area contributed by atoms with E-state index in [0.717, 1.165) is 77.0 Å². The summed E-state index contributed by atoms with van der Waals surface area (Å²) in [4.78, 5) is 35.6. The molecule has 13 nitrogen and oxygen atoms in total. The van der Waals surface area contributed by atoms with Crippen molar-refractivity contribution in [1.82, 2.24) is 0 Å². The van der Waals surface area contributed by atoms with E-state index in [2.05, 4.69) is 74.6 Å². The summed E-state index contributed by atoms with van der Waals surface area (Å²) in [5.74, 6) is -1.14. The van der Waals surface area contributed by atoms with Crippen LogP contribution < -0.4 is 0 Å². The molecule has 0 aliphatic heterocycles. The highest BCUT2D eigenvalue weighted by Crippen LogP contribution is 2.47. The van der Waals surface area contributed by atoms with Gasteiger partial charge in [-0.1, -0.05) is 152 Å². The Balaban J connectivity index is 2.48. The highest BCUT2D eigenvalue weighted by molar-refractivity contribution is 7.47. The maximum Gasteiger partial charge on any atom is 0.472 e. The van der Waals surface area contributed by atoms with Crippen molar-refractivity contribution in [2.24, 2.45) is 0 Å². The predicted octanol–water partition coefficient (Wildman–Crippen LogP) is 8.55. The minimum absolute atomic E-state index is 0.0889. The minimum Gasteiger partial charge on any atom is -0.462 e. The Morgan fingerprint density at radius 2 is 0.950 bits per heavy atom. The van der Waals surface area contributed by atoms with E-state index in [1.54, 1.807) is 0 Å². The van der Waals surface area contributed by atoms with Gasteiger partial charge in [-0.25, -0.2) is 4.57 Å². The number of unbranched alkanes of at least 4 members (excludes halogenated alkanes) is 14. The molecule has 1 aliphatic carbocycles. The number of carbonyl (C=O) groups is 2. The zero-order valence-corrected chi connectivity index (χ0v) is 37.4. The van der Waals surface area contributed by atoms with Crippen LogP contribution in [0.3, 0.4) is 0 Å². The van der Waals surface area contributed by atoms with Crippen molar-refractivity contribution in [2.75, 3.05) is 13.2 Å². The maximum absolute atomic E-state index is 12.8. The molecule has 1 saturated carbocycles. The van der Waals surface area contributed by atoms with Gasteiger partial charge in [0.2, 0.25) is 0 Å². The Kier molecular flexibility index (Phi) is 33.4. The summed E-state index contributed by atoms with van der Waals surface area (Å²) < 4.78 is 33.5. The Bertz CT molecular complexity index is 1280. The number of phosphoric acid groups is 1. The smallest absolute Gasteiger partial charge is 0.462 e. The summed E-state index contributed by atoms with van der Waals surface area (Å²) >= 11 is 0. The molecule has 1 fully saturated rings. The summed E-state index contributed by atoms with van der Waals surface area (Å²) in [5.41, 5.74) is 0. The standard InChI is InChI=1S/C46H79O13P/c1-3-5-7-9-11-13-15-17-18-19-20-21-22-23-25-26-28-30-32-34-39(47)56-36-38(58-40(48)35-33-31-29-27-24-16-14-12-10-8-6-4-2)37-57-60(54,55)59-46-44(52)42(50)41(49)43(51)45(46)53/h5,7,11,13,17-18,20-21,23,25,38,41-46,49-53H,3-4,6,8-10,12,14-16,19,22,24,26-37H2,1-2H3,(H,54,55)/b7-5+,13-11+,18-17+,21-20+,25-23+/t38-,41?,42-,43?,44?,45?,46?/m0/s1. The van der Waals surface area contributed by atoms with Crippen LogP contribution in [-0.2, 0) is 32.7 Å². The molecule has 0 amide bonds. The SMILES string of the molecule is CC/C=C/C/C=C/C/C=C/C/C=C/C/C=C/CCCCCC(=O)OC[C@@H](COP(=O)(O)OC1C(O)C(O)C(O)[C@H](O)C1O)OC(=O)CCCCCCCCCCCCCC. The van der Waals surface area contributed by atoms with Crippen LogP contribution in [0.1, 0.15) is 162 Å². The first-order valence-corrected chi connectivity index (χ1v) is 24.1. The van der Waals surface area contributed by atoms with E-state index in [1.807, 2.05) is 0 Å². The van der Waals surface area contributed by atoms with Gasteiger partial charge in [-0.05, 0) is 57.8 Å². The fraction of sp³-hybridized carbons (Fsp3) is 0.739. The lowest BCUT2D eigenvalue weighted by atomic mass is 9.85. The lowest BCUT2D eigenvalue weighted by molar-refractivity contribution is -0.220. The van der Waals surface area contributed by atoms with Crippen LogP contribution >= 0.6 is 7.82 Å². The molecule has 0 bridgehead atoms. The van der Waals surface area contributed by atoms with Crippen LogP contribution in [0, 0.1) is 0 Å². The number of aliphatic hydroxyl groups is 5. The normalized spacial score (nSPS) is 22.7. The van der Waals surface area contributed by atoms with Gasteiger partial charge in [-0.3, -0.25) is 18.6 Å². The lowest BCUT2D eigenvalue weighted by Crippen LogP contribution is -2.64. The second-order valence-electron chi connectivity index (χ2n) is 15.5. The molecule has 0 aromatic carbocycles. The van der Waals surface area contributed by atoms with E-state index in [0.29, 0.717) is 12.8 Å². The first kappa shape index (κ1) is 55.6. The molecule has 0 spiro atoms. The van der Waals surface area contributed by atoms with Gasteiger partial charge in [-0.2, -0.15) is 0 Å².